The average molecular weight is 175 g/mol. The maximum atomic E-state index is 5.57. The molecule has 0 rings (SSSR count). The van der Waals surface area contributed by atoms with Gasteiger partial charge in [0, 0.05) is 19.3 Å². The number of hydrogen-bond acceptors (Lipinski definition) is 3. The van der Waals surface area contributed by atoms with Crippen molar-refractivity contribution >= 4 is 0 Å². The van der Waals surface area contributed by atoms with Gasteiger partial charge in [0.1, 0.15) is 0 Å². The molecular formula is C9H21NO2. The lowest BCUT2D eigenvalue weighted by Crippen LogP contribution is -2.21. The van der Waals surface area contributed by atoms with Crippen molar-refractivity contribution in [3.63, 3.8) is 0 Å². The van der Waals surface area contributed by atoms with Gasteiger partial charge < -0.3 is 15.2 Å². The van der Waals surface area contributed by atoms with E-state index in [2.05, 4.69) is 0 Å². The van der Waals surface area contributed by atoms with Crippen LogP contribution in [0.2, 0.25) is 0 Å². The molecule has 0 heterocycles. The van der Waals surface area contributed by atoms with Crippen molar-refractivity contribution in [3.05, 3.63) is 0 Å². The van der Waals surface area contributed by atoms with E-state index in [0.717, 1.165) is 19.6 Å². The first-order valence-corrected chi connectivity index (χ1v) is 4.61. The summed E-state index contributed by atoms with van der Waals surface area (Å²) in [4.78, 5) is 0. The molecule has 2 atom stereocenters. The summed E-state index contributed by atoms with van der Waals surface area (Å²) in [5, 5.41) is 0. The molecule has 0 aliphatic carbocycles. The van der Waals surface area contributed by atoms with Crippen LogP contribution in [0.15, 0.2) is 0 Å². The highest BCUT2D eigenvalue weighted by molar-refractivity contribution is 4.53. The fourth-order valence-corrected chi connectivity index (χ4v) is 0.787. The maximum absolute atomic E-state index is 5.57. The third-order valence-corrected chi connectivity index (χ3v) is 1.53. The lowest BCUT2D eigenvalue weighted by Gasteiger charge is -2.13. The molecule has 0 spiro atoms. The molecule has 0 fully saturated rings. The van der Waals surface area contributed by atoms with Crippen LogP contribution >= 0.6 is 0 Å². The van der Waals surface area contributed by atoms with E-state index in [1.165, 1.54) is 0 Å². The van der Waals surface area contributed by atoms with Crippen LogP contribution in [0.1, 0.15) is 27.2 Å². The molecule has 2 unspecified atom stereocenters. The summed E-state index contributed by atoms with van der Waals surface area (Å²) in [6.07, 6.45) is 1.10. The van der Waals surface area contributed by atoms with E-state index in [1.807, 2.05) is 20.8 Å². The Kier molecular flexibility index (Phi) is 7.45. The standard InChI is InChI=1S/C9H21NO2/c1-4-11-7-9(3)12-6-5-8(2)10/h8-9H,4-7,10H2,1-3H3. The molecule has 0 aromatic rings. The Hall–Kier alpha value is -0.120. The van der Waals surface area contributed by atoms with Gasteiger partial charge in [0.2, 0.25) is 0 Å². The Morgan fingerprint density at radius 3 is 2.50 bits per heavy atom. The fourth-order valence-electron chi connectivity index (χ4n) is 0.787. The van der Waals surface area contributed by atoms with Crippen molar-refractivity contribution in [3.8, 4) is 0 Å². The van der Waals surface area contributed by atoms with E-state index in [4.69, 9.17) is 15.2 Å². The number of nitrogens with two attached hydrogens (primary N) is 1. The summed E-state index contributed by atoms with van der Waals surface area (Å²) >= 11 is 0. The van der Waals surface area contributed by atoms with Crippen LogP contribution in [0.5, 0.6) is 0 Å². The lowest BCUT2D eigenvalue weighted by molar-refractivity contribution is -0.00511. The van der Waals surface area contributed by atoms with E-state index >= 15 is 0 Å². The van der Waals surface area contributed by atoms with Crippen molar-refractivity contribution in [2.75, 3.05) is 19.8 Å². The number of hydrogen-bond donors (Lipinski definition) is 1. The Labute approximate surface area is 75.2 Å². The van der Waals surface area contributed by atoms with Crippen molar-refractivity contribution in [2.45, 2.75) is 39.3 Å². The van der Waals surface area contributed by atoms with Gasteiger partial charge in [-0.05, 0) is 27.2 Å². The summed E-state index contributed by atoms with van der Waals surface area (Å²) in [7, 11) is 0. The molecule has 0 radical (unpaired) electrons. The van der Waals surface area contributed by atoms with Crippen LogP contribution in [-0.2, 0) is 9.47 Å². The van der Waals surface area contributed by atoms with Gasteiger partial charge in [-0.15, -0.1) is 0 Å². The quantitative estimate of drug-likeness (QED) is 0.631. The van der Waals surface area contributed by atoms with Crippen LogP contribution in [0, 0.1) is 0 Å². The van der Waals surface area contributed by atoms with Crippen LogP contribution in [0.3, 0.4) is 0 Å². The van der Waals surface area contributed by atoms with E-state index in [-0.39, 0.29) is 12.1 Å². The highest BCUT2D eigenvalue weighted by Crippen LogP contribution is 1.95. The highest BCUT2D eigenvalue weighted by atomic mass is 16.5. The van der Waals surface area contributed by atoms with Gasteiger partial charge >= 0.3 is 0 Å². The molecule has 0 aliphatic heterocycles. The van der Waals surface area contributed by atoms with Crippen molar-refractivity contribution < 1.29 is 9.47 Å². The lowest BCUT2D eigenvalue weighted by atomic mass is 10.3. The molecule has 0 amide bonds. The molecular weight excluding hydrogens is 154 g/mol. The number of rotatable bonds is 7. The molecule has 0 bridgehead atoms. The topological polar surface area (TPSA) is 44.5 Å². The van der Waals surface area contributed by atoms with E-state index in [9.17, 15) is 0 Å². The molecule has 0 saturated carbocycles. The first kappa shape index (κ1) is 11.9. The summed E-state index contributed by atoms with van der Waals surface area (Å²) in [5.74, 6) is 0. The van der Waals surface area contributed by atoms with Gasteiger partial charge in [0.05, 0.1) is 12.7 Å². The molecule has 3 heteroatoms. The smallest absolute Gasteiger partial charge is 0.0780 e. The summed E-state index contributed by atoms with van der Waals surface area (Å²) in [6.45, 7) is 8.13. The van der Waals surface area contributed by atoms with Crippen molar-refractivity contribution in [1.82, 2.24) is 0 Å². The summed E-state index contributed by atoms with van der Waals surface area (Å²) in [6, 6.07) is 0.226. The zero-order valence-electron chi connectivity index (χ0n) is 8.38. The SMILES string of the molecule is CCOCC(C)OCCC(C)N. The molecule has 0 aromatic carbocycles. The first-order chi connectivity index (χ1) is 5.66. The Morgan fingerprint density at radius 1 is 1.33 bits per heavy atom. The zero-order chi connectivity index (χ0) is 9.40. The molecule has 0 saturated heterocycles. The average Bonchev–Trinajstić information content (AvgIpc) is 2.00. The molecule has 74 valence electrons. The second kappa shape index (κ2) is 7.53. The largest absolute Gasteiger partial charge is 0.379 e. The monoisotopic (exact) mass is 175 g/mol. The third-order valence-electron chi connectivity index (χ3n) is 1.53. The molecule has 0 aromatic heterocycles. The van der Waals surface area contributed by atoms with E-state index in [0.29, 0.717) is 6.61 Å². The van der Waals surface area contributed by atoms with Crippen molar-refractivity contribution in [1.29, 1.82) is 0 Å². The Balaban J connectivity index is 3.13. The third kappa shape index (κ3) is 7.98. The normalized spacial score (nSPS) is 16.0. The van der Waals surface area contributed by atoms with Gasteiger partial charge in [-0.3, -0.25) is 0 Å². The predicted molar refractivity (Wildman–Crippen MR) is 50.2 cm³/mol. The second-order valence-corrected chi connectivity index (χ2v) is 3.11. The number of ether oxygens (including phenoxy) is 2. The van der Waals surface area contributed by atoms with E-state index in [1.54, 1.807) is 0 Å². The molecule has 12 heavy (non-hydrogen) atoms. The Bertz CT molecular complexity index is 96.5. The fraction of sp³-hybridized carbons (Fsp3) is 1.00. The van der Waals surface area contributed by atoms with Crippen LogP contribution in [0.25, 0.3) is 0 Å². The Morgan fingerprint density at radius 2 is 2.00 bits per heavy atom. The minimum atomic E-state index is 0.184. The first-order valence-electron chi connectivity index (χ1n) is 4.61. The van der Waals surface area contributed by atoms with Crippen LogP contribution < -0.4 is 5.73 Å². The van der Waals surface area contributed by atoms with Gasteiger partial charge in [-0.2, -0.15) is 0 Å². The minimum absolute atomic E-state index is 0.184. The second-order valence-electron chi connectivity index (χ2n) is 3.11. The molecule has 3 nitrogen and oxygen atoms in total. The predicted octanol–water partition coefficient (Wildman–Crippen LogP) is 1.17. The highest BCUT2D eigenvalue weighted by Gasteiger charge is 2.01. The van der Waals surface area contributed by atoms with Crippen LogP contribution in [0.4, 0.5) is 0 Å². The van der Waals surface area contributed by atoms with Gasteiger partial charge in [-0.1, -0.05) is 0 Å². The minimum Gasteiger partial charge on any atom is -0.379 e. The van der Waals surface area contributed by atoms with Gasteiger partial charge in [0.15, 0.2) is 0 Å². The maximum Gasteiger partial charge on any atom is 0.0780 e. The summed E-state index contributed by atoms with van der Waals surface area (Å²) in [5.41, 5.74) is 5.57. The van der Waals surface area contributed by atoms with Gasteiger partial charge in [-0.25, -0.2) is 0 Å². The zero-order valence-corrected chi connectivity index (χ0v) is 8.38. The van der Waals surface area contributed by atoms with Crippen molar-refractivity contribution in [2.24, 2.45) is 5.73 Å². The van der Waals surface area contributed by atoms with Crippen LogP contribution in [-0.4, -0.2) is 32.0 Å². The van der Waals surface area contributed by atoms with E-state index < -0.39 is 0 Å². The summed E-state index contributed by atoms with van der Waals surface area (Å²) < 4.78 is 10.6. The molecule has 2 N–H and O–H groups in total. The van der Waals surface area contributed by atoms with Gasteiger partial charge in [0.25, 0.3) is 0 Å². The molecule has 0 aliphatic rings.